The van der Waals surface area contributed by atoms with Gasteiger partial charge in [-0.15, -0.1) is 0 Å². The Morgan fingerprint density at radius 1 is 1.13 bits per heavy atom. The lowest BCUT2D eigenvalue weighted by atomic mass is 9.85. The normalized spacial score (nSPS) is 15.4. The number of nitrogens with one attached hydrogen (secondary N) is 2. The molecule has 0 unspecified atom stereocenters. The van der Waals surface area contributed by atoms with E-state index in [2.05, 4.69) is 10.6 Å². The summed E-state index contributed by atoms with van der Waals surface area (Å²) < 4.78 is 6.95. The number of carbonyl (C=O) groups is 2. The molecule has 3 N–H and O–H groups in total. The summed E-state index contributed by atoms with van der Waals surface area (Å²) >= 11 is 0. The van der Waals surface area contributed by atoms with Crippen LogP contribution in [0.1, 0.15) is 78.3 Å². The SMILES string of the molecule is CCCCNC(=O)c1cn(Cc2ccco2)cc(C(=O)NCC2(O)CCCCC2)c1=O. The molecule has 0 aliphatic heterocycles. The number of aliphatic hydroxyl groups is 1. The molecule has 2 amide bonds. The Morgan fingerprint density at radius 2 is 1.81 bits per heavy atom. The minimum atomic E-state index is -0.948. The van der Waals surface area contributed by atoms with Crippen LogP contribution in [-0.4, -0.2) is 40.2 Å². The molecule has 1 saturated carbocycles. The minimum Gasteiger partial charge on any atom is -0.467 e. The molecule has 0 atom stereocenters. The lowest BCUT2D eigenvalue weighted by Crippen LogP contribution is -2.45. The first-order valence-corrected chi connectivity index (χ1v) is 11.0. The van der Waals surface area contributed by atoms with Gasteiger partial charge in [-0.25, -0.2) is 0 Å². The van der Waals surface area contributed by atoms with Gasteiger partial charge in [0, 0.05) is 25.5 Å². The number of carbonyl (C=O) groups excluding carboxylic acids is 2. The molecule has 0 spiro atoms. The van der Waals surface area contributed by atoms with Gasteiger partial charge in [-0.1, -0.05) is 32.6 Å². The summed E-state index contributed by atoms with van der Waals surface area (Å²) in [6.07, 6.45) is 10.2. The largest absolute Gasteiger partial charge is 0.467 e. The third kappa shape index (κ3) is 6.07. The van der Waals surface area contributed by atoms with Crippen LogP contribution in [0.3, 0.4) is 0 Å². The smallest absolute Gasteiger partial charge is 0.256 e. The molecule has 31 heavy (non-hydrogen) atoms. The third-order valence-electron chi connectivity index (χ3n) is 5.67. The Labute approximate surface area is 181 Å². The van der Waals surface area contributed by atoms with E-state index in [0.717, 1.165) is 32.1 Å². The summed E-state index contributed by atoms with van der Waals surface area (Å²) in [5.41, 5.74) is -1.80. The minimum absolute atomic E-state index is 0.0797. The molecule has 1 aliphatic carbocycles. The van der Waals surface area contributed by atoms with Gasteiger partial charge < -0.3 is 24.7 Å². The zero-order chi connectivity index (χ0) is 22.3. The Hall–Kier alpha value is -2.87. The van der Waals surface area contributed by atoms with Crippen molar-refractivity contribution in [3.63, 3.8) is 0 Å². The van der Waals surface area contributed by atoms with Gasteiger partial charge in [0.15, 0.2) is 0 Å². The summed E-state index contributed by atoms with van der Waals surface area (Å²) in [5, 5.41) is 16.1. The van der Waals surface area contributed by atoms with Crippen LogP contribution in [-0.2, 0) is 6.54 Å². The van der Waals surface area contributed by atoms with Crippen LogP contribution in [0.2, 0.25) is 0 Å². The molecule has 8 heteroatoms. The second-order valence-electron chi connectivity index (χ2n) is 8.24. The monoisotopic (exact) mass is 429 g/mol. The molecule has 1 aliphatic rings. The van der Waals surface area contributed by atoms with Crippen molar-refractivity contribution in [2.24, 2.45) is 0 Å². The van der Waals surface area contributed by atoms with Crippen molar-refractivity contribution < 1.29 is 19.1 Å². The number of nitrogens with zero attached hydrogens (tertiary/aromatic N) is 1. The van der Waals surface area contributed by atoms with E-state index in [1.807, 2.05) is 6.92 Å². The Morgan fingerprint density at radius 3 is 2.42 bits per heavy atom. The van der Waals surface area contributed by atoms with Crippen LogP contribution in [0, 0.1) is 0 Å². The first kappa shape index (κ1) is 22.8. The molecule has 168 valence electrons. The molecule has 0 aromatic carbocycles. The second kappa shape index (κ2) is 10.4. The summed E-state index contributed by atoms with van der Waals surface area (Å²) in [7, 11) is 0. The first-order chi connectivity index (χ1) is 14.9. The summed E-state index contributed by atoms with van der Waals surface area (Å²) in [6, 6.07) is 3.52. The highest BCUT2D eigenvalue weighted by Gasteiger charge is 2.30. The molecular formula is C23H31N3O5. The van der Waals surface area contributed by atoms with Crippen LogP contribution in [0.15, 0.2) is 40.0 Å². The molecule has 3 rings (SSSR count). The van der Waals surface area contributed by atoms with Gasteiger partial charge in [0.2, 0.25) is 5.43 Å². The van der Waals surface area contributed by atoms with Gasteiger partial charge in [-0.05, 0) is 31.4 Å². The van der Waals surface area contributed by atoms with Crippen molar-refractivity contribution in [3.05, 3.63) is 57.9 Å². The highest BCUT2D eigenvalue weighted by atomic mass is 16.3. The van der Waals surface area contributed by atoms with Crippen LogP contribution in [0.4, 0.5) is 0 Å². The molecule has 8 nitrogen and oxygen atoms in total. The standard InChI is InChI=1S/C23H31N3O5/c1-2-3-11-24-21(28)18-14-26(13-17-8-7-12-31-17)15-19(20(18)27)22(29)25-16-23(30)9-5-4-6-10-23/h7-8,12,14-15,30H,2-6,9-11,13,16H2,1H3,(H,24,28)(H,25,29). The molecule has 0 saturated heterocycles. The Bertz CT molecular complexity index is 943. The Balaban J connectivity index is 1.84. The summed E-state index contributed by atoms with van der Waals surface area (Å²) in [5.74, 6) is -0.475. The molecule has 1 fully saturated rings. The zero-order valence-electron chi connectivity index (χ0n) is 18.0. The number of pyridine rings is 1. The fourth-order valence-corrected chi connectivity index (χ4v) is 3.83. The lowest BCUT2D eigenvalue weighted by molar-refractivity contribution is 0.00523. The number of amides is 2. The maximum atomic E-state index is 12.9. The van der Waals surface area contributed by atoms with Gasteiger partial charge in [0.1, 0.15) is 16.9 Å². The van der Waals surface area contributed by atoms with E-state index < -0.39 is 22.8 Å². The van der Waals surface area contributed by atoms with Crippen molar-refractivity contribution in [2.45, 2.75) is 64.0 Å². The van der Waals surface area contributed by atoms with Gasteiger partial charge in [0.25, 0.3) is 11.8 Å². The number of hydrogen-bond acceptors (Lipinski definition) is 5. The van der Waals surface area contributed by atoms with Gasteiger partial charge in [-0.3, -0.25) is 14.4 Å². The third-order valence-corrected chi connectivity index (χ3v) is 5.67. The lowest BCUT2D eigenvalue weighted by Gasteiger charge is -2.32. The highest BCUT2D eigenvalue weighted by Crippen LogP contribution is 2.27. The number of aromatic nitrogens is 1. The van der Waals surface area contributed by atoms with Crippen molar-refractivity contribution in [2.75, 3.05) is 13.1 Å². The van der Waals surface area contributed by atoms with Crippen LogP contribution in [0.25, 0.3) is 0 Å². The zero-order valence-corrected chi connectivity index (χ0v) is 18.0. The van der Waals surface area contributed by atoms with Crippen molar-refractivity contribution in [1.29, 1.82) is 0 Å². The van der Waals surface area contributed by atoms with Gasteiger partial charge in [-0.2, -0.15) is 0 Å². The average Bonchev–Trinajstić information content (AvgIpc) is 3.27. The Kier molecular flexibility index (Phi) is 7.68. The van der Waals surface area contributed by atoms with Gasteiger partial charge >= 0.3 is 0 Å². The predicted molar refractivity (Wildman–Crippen MR) is 116 cm³/mol. The van der Waals surface area contributed by atoms with Gasteiger partial charge in [0.05, 0.1) is 18.4 Å². The van der Waals surface area contributed by atoms with Crippen molar-refractivity contribution in [3.8, 4) is 0 Å². The van der Waals surface area contributed by atoms with E-state index in [1.165, 1.54) is 18.7 Å². The number of hydrogen-bond donors (Lipinski definition) is 3. The highest BCUT2D eigenvalue weighted by molar-refractivity contribution is 5.99. The first-order valence-electron chi connectivity index (χ1n) is 11.0. The van der Waals surface area contributed by atoms with E-state index in [9.17, 15) is 19.5 Å². The van der Waals surface area contributed by atoms with Crippen LogP contribution < -0.4 is 16.1 Å². The summed E-state index contributed by atoms with van der Waals surface area (Å²) in [6.45, 7) is 2.81. The summed E-state index contributed by atoms with van der Waals surface area (Å²) in [4.78, 5) is 38.4. The van der Waals surface area contributed by atoms with Crippen molar-refractivity contribution in [1.82, 2.24) is 15.2 Å². The second-order valence-corrected chi connectivity index (χ2v) is 8.24. The number of rotatable bonds is 9. The van der Waals surface area contributed by atoms with E-state index in [4.69, 9.17) is 4.42 Å². The van der Waals surface area contributed by atoms with E-state index in [1.54, 1.807) is 16.7 Å². The van der Waals surface area contributed by atoms with Crippen molar-refractivity contribution >= 4 is 11.8 Å². The molecule has 2 heterocycles. The fraction of sp³-hybridized carbons (Fsp3) is 0.522. The van der Waals surface area contributed by atoms with E-state index in [0.29, 0.717) is 25.1 Å². The number of unbranched alkanes of at least 4 members (excludes halogenated alkanes) is 1. The topological polar surface area (TPSA) is 114 Å². The van der Waals surface area contributed by atoms with Crippen LogP contribution >= 0.6 is 0 Å². The molecular weight excluding hydrogens is 398 g/mol. The molecule has 0 radical (unpaired) electrons. The maximum absolute atomic E-state index is 12.9. The quantitative estimate of drug-likeness (QED) is 0.530. The fourth-order valence-electron chi connectivity index (χ4n) is 3.83. The van der Waals surface area contributed by atoms with E-state index >= 15 is 0 Å². The predicted octanol–water partition coefficient (Wildman–Crippen LogP) is 2.44. The number of furan rings is 1. The average molecular weight is 430 g/mol. The molecule has 2 aromatic heterocycles. The van der Waals surface area contributed by atoms with E-state index in [-0.39, 0.29) is 24.2 Å². The molecule has 0 bridgehead atoms. The maximum Gasteiger partial charge on any atom is 0.256 e. The molecule has 2 aromatic rings. The van der Waals surface area contributed by atoms with Crippen LogP contribution in [0.5, 0.6) is 0 Å².